The Labute approximate surface area is 80.5 Å². The zero-order chi connectivity index (χ0) is 9.68. The molecule has 1 fully saturated rings. The quantitative estimate of drug-likeness (QED) is 0.614. The fraction of sp³-hybridized carbons (Fsp3) is 1.00. The Morgan fingerprint density at radius 1 is 1.54 bits per heavy atom. The minimum atomic E-state index is 0.195. The summed E-state index contributed by atoms with van der Waals surface area (Å²) in [6.07, 6.45) is 2.70. The Hall–Kier alpha value is -0.120. The largest absolute Gasteiger partial charge is 0.395 e. The van der Waals surface area contributed by atoms with Crippen LogP contribution in [0, 0.1) is 11.8 Å². The van der Waals surface area contributed by atoms with Crippen LogP contribution in [0.2, 0.25) is 0 Å². The lowest BCUT2D eigenvalue weighted by Crippen LogP contribution is -2.40. The second kappa shape index (κ2) is 5.58. The number of hydrogen-bond acceptors (Lipinski definition) is 3. The van der Waals surface area contributed by atoms with Gasteiger partial charge < -0.3 is 15.2 Å². The second-order valence-corrected chi connectivity index (χ2v) is 4.07. The van der Waals surface area contributed by atoms with Crippen LogP contribution in [0.15, 0.2) is 0 Å². The molecule has 0 amide bonds. The van der Waals surface area contributed by atoms with E-state index in [2.05, 4.69) is 12.2 Å². The minimum absolute atomic E-state index is 0.195. The highest BCUT2D eigenvalue weighted by molar-refractivity contribution is 4.79. The summed E-state index contributed by atoms with van der Waals surface area (Å²) in [5.74, 6) is 1.25. The van der Waals surface area contributed by atoms with Gasteiger partial charge in [0.2, 0.25) is 0 Å². The van der Waals surface area contributed by atoms with E-state index in [1.807, 2.05) is 0 Å². The van der Waals surface area contributed by atoms with Gasteiger partial charge in [0.25, 0.3) is 0 Å². The summed E-state index contributed by atoms with van der Waals surface area (Å²) in [5.41, 5.74) is 0. The SMILES string of the molecule is COCC(C)C(CO)NCC1CC1. The van der Waals surface area contributed by atoms with E-state index in [0.29, 0.717) is 12.5 Å². The Morgan fingerprint density at radius 3 is 2.69 bits per heavy atom. The summed E-state index contributed by atoms with van der Waals surface area (Å²) < 4.78 is 5.06. The average molecular weight is 187 g/mol. The highest BCUT2D eigenvalue weighted by Crippen LogP contribution is 2.27. The number of ether oxygens (including phenoxy) is 1. The van der Waals surface area contributed by atoms with Crippen molar-refractivity contribution in [3.8, 4) is 0 Å². The minimum Gasteiger partial charge on any atom is -0.395 e. The molecule has 0 aromatic heterocycles. The van der Waals surface area contributed by atoms with Crippen molar-refractivity contribution in [2.24, 2.45) is 11.8 Å². The Kier molecular flexibility index (Phi) is 4.70. The summed E-state index contributed by atoms with van der Waals surface area (Å²) in [7, 11) is 1.70. The van der Waals surface area contributed by atoms with Crippen molar-refractivity contribution in [3.05, 3.63) is 0 Å². The molecule has 0 aromatic carbocycles. The molecule has 0 bridgehead atoms. The lowest BCUT2D eigenvalue weighted by molar-refractivity contribution is 0.114. The zero-order valence-corrected chi connectivity index (χ0v) is 8.62. The van der Waals surface area contributed by atoms with Crippen molar-refractivity contribution in [3.63, 3.8) is 0 Å². The molecular weight excluding hydrogens is 166 g/mol. The molecule has 13 heavy (non-hydrogen) atoms. The predicted octanol–water partition coefficient (Wildman–Crippen LogP) is 0.629. The Morgan fingerprint density at radius 2 is 2.23 bits per heavy atom. The topological polar surface area (TPSA) is 41.5 Å². The van der Waals surface area contributed by atoms with Gasteiger partial charge in [-0.25, -0.2) is 0 Å². The van der Waals surface area contributed by atoms with Gasteiger partial charge in [-0.05, 0) is 31.2 Å². The summed E-state index contributed by atoms with van der Waals surface area (Å²) in [5, 5.41) is 12.5. The number of aliphatic hydroxyl groups is 1. The molecule has 2 unspecified atom stereocenters. The van der Waals surface area contributed by atoms with Crippen molar-refractivity contribution in [2.75, 3.05) is 26.9 Å². The number of rotatable bonds is 7. The number of hydrogen-bond donors (Lipinski definition) is 2. The van der Waals surface area contributed by atoms with Gasteiger partial charge in [0.05, 0.1) is 13.2 Å². The lowest BCUT2D eigenvalue weighted by atomic mass is 10.0. The monoisotopic (exact) mass is 187 g/mol. The first-order chi connectivity index (χ1) is 6.27. The van der Waals surface area contributed by atoms with Crippen LogP contribution < -0.4 is 5.32 Å². The first-order valence-corrected chi connectivity index (χ1v) is 5.11. The normalized spacial score (nSPS) is 21.5. The van der Waals surface area contributed by atoms with E-state index in [4.69, 9.17) is 9.84 Å². The van der Waals surface area contributed by atoms with Gasteiger partial charge in [-0.2, -0.15) is 0 Å². The maximum absolute atomic E-state index is 9.14. The van der Waals surface area contributed by atoms with Gasteiger partial charge in [-0.15, -0.1) is 0 Å². The number of nitrogens with one attached hydrogen (secondary N) is 1. The van der Waals surface area contributed by atoms with Crippen molar-refractivity contribution in [1.29, 1.82) is 0 Å². The fourth-order valence-corrected chi connectivity index (χ4v) is 1.46. The van der Waals surface area contributed by atoms with E-state index >= 15 is 0 Å². The van der Waals surface area contributed by atoms with Gasteiger partial charge in [0.1, 0.15) is 0 Å². The summed E-state index contributed by atoms with van der Waals surface area (Å²) >= 11 is 0. The van der Waals surface area contributed by atoms with Crippen molar-refractivity contribution < 1.29 is 9.84 Å². The van der Waals surface area contributed by atoms with Crippen LogP contribution in [-0.2, 0) is 4.74 Å². The predicted molar refractivity (Wildman–Crippen MR) is 52.6 cm³/mol. The molecule has 0 heterocycles. The lowest BCUT2D eigenvalue weighted by Gasteiger charge is -2.22. The van der Waals surface area contributed by atoms with E-state index in [-0.39, 0.29) is 12.6 Å². The molecule has 1 aliphatic carbocycles. The van der Waals surface area contributed by atoms with Crippen molar-refractivity contribution in [2.45, 2.75) is 25.8 Å². The van der Waals surface area contributed by atoms with Crippen molar-refractivity contribution in [1.82, 2.24) is 5.32 Å². The molecule has 1 rings (SSSR count). The number of methoxy groups -OCH3 is 1. The van der Waals surface area contributed by atoms with E-state index < -0.39 is 0 Å². The van der Waals surface area contributed by atoms with Gasteiger partial charge in [0.15, 0.2) is 0 Å². The van der Waals surface area contributed by atoms with Crippen LogP contribution in [0.5, 0.6) is 0 Å². The van der Waals surface area contributed by atoms with E-state index in [1.165, 1.54) is 12.8 Å². The summed E-state index contributed by atoms with van der Waals surface area (Å²) in [6.45, 7) is 4.07. The Bertz CT molecular complexity index is 137. The molecule has 3 heteroatoms. The molecule has 3 nitrogen and oxygen atoms in total. The smallest absolute Gasteiger partial charge is 0.0588 e. The van der Waals surface area contributed by atoms with Gasteiger partial charge in [-0.1, -0.05) is 6.92 Å². The van der Waals surface area contributed by atoms with Crippen LogP contribution in [0.3, 0.4) is 0 Å². The third-order valence-corrected chi connectivity index (χ3v) is 2.68. The molecule has 2 N–H and O–H groups in total. The maximum atomic E-state index is 9.14. The summed E-state index contributed by atoms with van der Waals surface area (Å²) in [6, 6.07) is 0.195. The third kappa shape index (κ3) is 4.07. The number of aliphatic hydroxyl groups excluding tert-OH is 1. The first-order valence-electron chi connectivity index (χ1n) is 5.11. The van der Waals surface area contributed by atoms with Crippen molar-refractivity contribution >= 4 is 0 Å². The highest BCUT2D eigenvalue weighted by atomic mass is 16.5. The maximum Gasteiger partial charge on any atom is 0.0588 e. The molecule has 0 saturated heterocycles. The zero-order valence-electron chi connectivity index (χ0n) is 8.62. The van der Waals surface area contributed by atoms with E-state index in [9.17, 15) is 0 Å². The second-order valence-electron chi connectivity index (χ2n) is 4.07. The van der Waals surface area contributed by atoms with E-state index in [0.717, 1.165) is 12.5 Å². The molecule has 0 radical (unpaired) electrons. The van der Waals surface area contributed by atoms with Crippen LogP contribution >= 0.6 is 0 Å². The van der Waals surface area contributed by atoms with Crippen LogP contribution in [0.25, 0.3) is 0 Å². The van der Waals surface area contributed by atoms with Gasteiger partial charge in [-0.3, -0.25) is 0 Å². The molecule has 0 aliphatic heterocycles. The van der Waals surface area contributed by atoms with Crippen LogP contribution in [-0.4, -0.2) is 38.0 Å². The third-order valence-electron chi connectivity index (χ3n) is 2.68. The van der Waals surface area contributed by atoms with Crippen LogP contribution in [0.4, 0.5) is 0 Å². The van der Waals surface area contributed by atoms with Crippen LogP contribution in [0.1, 0.15) is 19.8 Å². The molecule has 1 saturated carbocycles. The Balaban J connectivity index is 2.14. The van der Waals surface area contributed by atoms with Gasteiger partial charge in [0, 0.05) is 13.2 Å². The van der Waals surface area contributed by atoms with E-state index in [1.54, 1.807) is 7.11 Å². The molecule has 0 aromatic rings. The summed E-state index contributed by atoms with van der Waals surface area (Å²) in [4.78, 5) is 0. The standard InChI is InChI=1S/C10H21NO2/c1-8(7-13-2)10(6-12)11-5-9-3-4-9/h8-12H,3-7H2,1-2H3. The fourth-order valence-electron chi connectivity index (χ4n) is 1.46. The molecule has 2 atom stereocenters. The van der Waals surface area contributed by atoms with Gasteiger partial charge >= 0.3 is 0 Å². The molecule has 0 spiro atoms. The molecule has 78 valence electrons. The molecular formula is C10H21NO2. The first kappa shape index (κ1) is 11.0. The average Bonchev–Trinajstić information content (AvgIpc) is 2.89. The molecule has 1 aliphatic rings. The highest BCUT2D eigenvalue weighted by Gasteiger charge is 2.23.